The lowest BCUT2D eigenvalue weighted by molar-refractivity contribution is -0.0344. The molecule has 0 unspecified atom stereocenters. The average Bonchev–Trinajstić information content (AvgIpc) is 3.40. The largest absolute Gasteiger partial charge is 0.434 e. The topological polar surface area (TPSA) is 102 Å². The van der Waals surface area contributed by atoms with Gasteiger partial charge in [0.15, 0.2) is 5.82 Å². The van der Waals surface area contributed by atoms with Crippen LogP contribution in [0.5, 0.6) is 11.6 Å². The molecule has 0 radical (unpaired) electrons. The van der Waals surface area contributed by atoms with Gasteiger partial charge in [0.05, 0.1) is 11.6 Å². The van der Waals surface area contributed by atoms with Gasteiger partial charge in [-0.2, -0.15) is 5.26 Å². The number of hydrogen-bond donors (Lipinski definition) is 0. The van der Waals surface area contributed by atoms with Crippen molar-refractivity contribution >= 4 is 11.7 Å². The lowest BCUT2D eigenvalue weighted by atomic mass is 9.76. The zero-order chi connectivity index (χ0) is 31.1. The van der Waals surface area contributed by atoms with Crippen molar-refractivity contribution in [3.63, 3.8) is 0 Å². The summed E-state index contributed by atoms with van der Waals surface area (Å²) in [6.07, 6.45) is 5.30. The Morgan fingerprint density at radius 3 is 2.65 bits per heavy atom. The van der Waals surface area contributed by atoms with Crippen LogP contribution >= 0.6 is 0 Å². The van der Waals surface area contributed by atoms with Crippen molar-refractivity contribution in [3.05, 3.63) is 35.9 Å². The van der Waals surface area contributed by atoms with Crippen LogP contribution in [0.25, 0.3) is 0 Å². The minimum absolute atomic E-state index is 0.0451. The highest BCUT2D eigenvalue weighted by Gasteiger charge is 2.50. The van der Waals surface area contributed by atoms with Crippen molar-refractivity contribution in [2.45, 2.75) is 72.4 Å². The van der Waals surface area contributed by atoms with E-state index in [1.165, 1.54) is 24.5 Å². The Kier molecular flexibility index (Phi) is 10.9. The van der Waals surface area contributed by atoms with E-state index >= 15 is 0 Å². The van der Waals surface area contributed by atoms with Crippen LogP contribution in [0.15, 0.2) is 24.5 Å². The summed E-state index contributed by atoms with van der Waals surface area (Å²) in [5.74, 6) is 0.797. The van der Waals surface area contributed by atoms with E-state index in [2.05, 4.69) is 56.8 Å². The third-order valence-electron chi connectivity index (χ3n) is 8.87. The molecule has 0 N–H and O–H groups in total. The molecule has 10 nitrogen and oxygen atoms in total. The number of rotatable bonds is 14. The molecule has 3 heterocycles. The van der Waals surface area contributed by atoms with Gasteiger partial charge in [-0.15, -0.1) is 10.2 Å². The summed E-state index contributed by atoms with van der Waals surface area (Å²) in [6.45, 7) is 16.5. The second-order valence-corrected chi connectivity index (χ2v) is 12.8. The zero-order valence-corrected chi connectivity index (χ0v) is 26.6. The van der Waals surface area contributed by atoms with Crippen LogP contribution in [0, 0.1) is 28.5 Å². The van der Waals surface area contributed by atoms with E-state index in [-0.39, 0.29) is 34.6 Å². The fourth-order valence-electron chi connectivity index (χ4n) is 6.59. The molecule has 1 atom stereocenters. The highest BCUT2D eigenvalue weighted by molar-refractivity contribution is 5.97. The molecule has 1 aromatic carbocycles. The standard InChI is InChI=1S/C32H47FN8O2/c1-7-41(24(4)5)31(42)26-18-25(33)11-12-28(26)43-30-29(35-22-36-37-30)39-17-13-32(19-39)20-40(21-32)27(23(2)3)10-8-15-38(6)16-9-14-34/h11-12,18,22-24,27H,7-10,13,15-17,19-21H2,1-6H3/t27-/m1/s1. The molecule has 2 aromatic rings. The summed E-state index contributed by atoms with van der Waals surface area (Å²) in [4.78, 5) is 26.6. The van der Waals surface area contributed by atoms with E-state index in [1.54, 1.807) is 4.90 Å². The van der Waals surface area contributed by atoms with E-state index in [9.17, 15) is 9.18 Å². The van der Waals surface area contributed by atoms with Gasteiger partial charge in [-0.25, -0.2) is 9.37 Å². The number of likely N-dealkylation sites (tertiary alicyclic amines) is 1. The van der Waals surface area contributed by atoms with Gasteiger partial charge in [-0.1, -0.05) is 13.8 Å². The number of benzene rings is 1. The van der Waals surface area contributed by atoms with Crippen LogP contribution in [0.2, 0.25) is 0 Å². The van der Waals surface area contributed by atoms with Crippen LogP contribution in [0.1, 0.15) is 70.7 Å². The maximum absolute atomic E-state index is 14.3. The SMILES string of the molecule is CCN(C(=O)c1cc(F)ccc1Oc1nncnc1N1CCC2(C1)CN([C@H](CCCN(C)CCC#N)C(C)C)C2)C(C)C. The molecule has 2 fully saturated rings. The second-order valence-electron chi connectivity index (χ2n) is 12.8. The molecule has 11 heteroatoms. The second kappa shape index (κ2) is 14.4. The Bertz CT molecular complexity index is 1280. The number of nitriles is 1. The Hall–Kier alpha value is -3.36. The highest BCUT2D eigenvalue weighted by Crippen LogP contribution is 2.44. The number of carbonyl (C=O) groups is 1. The Labute approximate surface area is 255 Å². The van der Waals surface area contributed by atoms with E-state index in [0.29, 0.717) is 30.7 Å². The number of anilines is 1. The maximum Gasteiger partial charge on any atom is 0.282 e. The van der Waals surface area contributed by atoms with E-state index < -0.39 is 5.82 Å². The summed E-state index contributed by atoms with van der Waals surface area (Å²) in [7, 11) is 2.09. The molecule has 2 saturated heterocycles. The Morgan fingerprint density at radius 2 is 1.98 bits per heavy atom. The normalized spacial score (nSPS) is 17.0. The Balaban J connectivity index is 1.42. The van der Waals surface area contributed by atoms with Gasteiger partial charge in [0, 0.05) is 63.2 Å². The van der Waals surface area contributed by atoms with Crippen molar-refractivity contribution < 1.29 is 13.9 Å². The van der Waals surface area contributed by atoms with Gasteiger partial charge in [0.2, 0.25) is 0 Å². The number of ether oxygens (including phenoxy) is 1. The van der Waals surface area contributed by atoms with Crippen LogP contribution in [0.4, 0.5) is 10.2 Å². The summed E-state index contributed by atoms with van der Waals surface area (Å²) in [5.41, 5.74) is 0.338. The van der Waals surface area contributed by atoms with Gasteiger partial charge < -0.3 is 19.4 Å². The lowest BCUT2D eigenvalue weighted by Crippen LogP contribution is -2.62. The van der Waals surface area contributed by atoms with Crippen LogP contribution < -0.4 is 9.64 Å². The minimum Gasteiger partial charge on any atom is -0.434 e. The zero-order valence-electron chi connectivity index (χ0n) is 26.6. The van der Waals surface area contributed by atoms with Crippen molar-refractivity contribution in [2.24, 2.45) is 11.3 Å². The van der Waals surface area contributed by atoms with E-state index in [0.717, 1.165) is 58.5 Å². The number of halogens is 1. The predicted molar refractivity (Wildman–Crippen MR) is 165 cm³/mol. The van der Waals surface area contributed by atoms with Gasteiger partial charge in [0.1, 0.15) is 17.9 Å². The van der Waals surface area contributed by atoms with Gasteiger partial charge in [-0.3, -0.25) is 9.69 Å². The number of hydrogen-bond acceptors (Lipinski definition) is 9. The highest BCUT2D eigenvalue weighted by atomic mass is 19.1. The van der Waals surface area contributed by atoms with Crippen molar-refractivity contribution in [1.29, 1.82) is 5.26 Å². The first kappa shape index (κ1) is 32.6. The molecular weight excluding hydrogens is 547 g/mol. The minimum atomic E-state index is -0.505. The third-order valence-corrected chi connectivity index (χ3v) is 8.87. The maximum atomic E-state index is 14.3. The van der Waals surface area contributed by atoms with Crippen LogP contribution in [0.3, 0.4) is 0 Å². The number of amides is 1. The van der Waals surface area contributed by atoms with Crippen molar-refractivity contribution in [2.75, 3.05) is 57.8 Å². The molecule has 2 aliphatic heterocycles. The monoisotopic (exact) mass is 594 g/mol. The van der Waals surface area contributed by atoms with Gasteiger partial charge in [-0.05, 0) is 77.7 Å². The first-order valence-corrected chi connectivity index (χ1v) is 15.6. The molecule has 234 valence electrons. The molecule has 0 aliphatic carbocycles. The summed E-state index contributed by atoms with van der Waals surface area (Å²) >= 11 is 0. The van der Waals surface area contributed by atoms with Crippen LogP contribution in [-0.2, 0) is 0 Å². The van der Waals surface area contributed by atoms with E-state index in [4.69, 9.17) is 10.00 Å². The lowest BCUT2D eigenvalue weighted by Gasteiger charge is -2.53. The summed E-state index contributed by atoms with van der Waals surface area (Å²) < 4.78 is 20.4. The molecule has 1 aromatic heterocycles. The number of carbonyl (C=O) groups excluding carboxylic acids is 1. The van der Waals surface area contributed by atoms with E-state index in [1.807, 2.05) is 20.8 Å². The summed E-state index contributed by atoms with van der Waals surface area (Å²) in [6, 6.07) is 6.69. The first-order valence-electron chi connectivity index (χ1n) is 15.6. The molecule has 0 saturated carbocycles. The van der Waals surface area contributed by atoms with Crippen molar-refractivity contribution in [3.8, 4) is 17.7 Å². The van der Waals surface area contributed by atoms with Gasteiger partial charge in [0.25, 0.3) is 11.8 Å². The first-order chi connectivity index (χ1) is 20.6. The molecule has 2 aliphatic rings. The molecule has 1 amide bonds. The molecule has 43 heavy (non-hydrogen) atoms. The van der Waals surface area contributed by atoms with Crippen LogP contribution in [-0.4, -0.2) is 101 Å². The molecular formula is C32H47FN8O2. The molecule has 4 rings (SSSR count). The van der Waals surface area contributed by atoms with Crippen molar-refractivity contribution in [1.82, 2.24) is 29.9 Å². The third kappa shape index (κ3) is 7.78. The molecule has 1 spiro atoms. The fourth-order valence-corrected chi connectivity index (χ4v) is 6.59. The van der Waals surface area contributed by atoms with Gasteiger partial charge >= 0.3 is 0 Å². The number of aromatic nitrogens is 3. The molecule has 0 bridgehead atoms. The number of nitrogens with zero attached hydrogens (tertiary/aromatic N) is 8. The smallest absolute Gasteiger partial charge is 0.282 e. The summed E-state index contributed by atoms with van der Waals surface area (Å²) in [5, 5.41) is 17.0. The Morgan fingerprint density at radius 1 is 1.21 bits per heavy atom. The quantitative estimate of drug-likeness (QED) is 0.304. The predicted octanol–water partition coefficient (Wildman–Crippen LogP) is 4.84. The average molecular weight is 595 g/mol. The fraction of sp³-hybridized carbons (Fsp3) is 0.656.